The number of methoxy groups -OCH3 is 2. The second kappa shape index (κ2) is 13.7. The summed E-state index contributed by atoms with van der Waals surface area (Å²) in [4.78, 5) is 48.4. The molecule has 4 amide bonds. The Hall–Kier alpha value is -5.26. The van der Waals surface area contributed by atoms with Crippen molar-refractivity contribution in [3.05, 3.63) is 83.9 Å². The molecular weight excluding hydrogens is 496 g/mol. The zero-order valence-corrected chi connectivity index (χ0v) is 20.6. The van der Waals surface area contributed by atoms with Crippen LogP contribution in [0, 0.1) is 0 Å². The number of nitrogens with one attached hydrogen (secondary N) is 4. The number of benzene rings is 3. The van der Waals surface area contributed by atoms with Crippen LogP contribution in [0.3, 0.4) is 0 Å². The number of carbonyl (C=O) groups excluding carboxylic acids is 4. The first kappa shape index (κ1) is 27.3. The number of amides is 4. The van der Waals surface area contributed by atoms with E-state index >= 15 is 0 Å². The van der Waals surface area contributed by atoms with Crippen LogP contribution in [-0.2, 0) is 9.59 Å². The van der Waals surface area contributed by atoms with E-state index in [1.165, 1.54) is 38.5 Å². The van der Waals surface area contributed by atoms with E-state index in [1.54, 1.807) is 48.5 Å². The minimum atomic E-state index is -0.598. The van der Waals surface area contributed by atoms with Gasteiger partial charge in [0.25, 0.3) is 23.6 Å². The van der Waals surface area contributed by atoms with Crippen LogP contribution >= 0.6 is 0 Å². The Labute approximate surface area is 218 Å². The van der Waals surface area contributed by atoms with Gasteiger partial charge in [-0.1, -0.05) is 0 Å². The van der Waals surface area contributed by atoms with Crippen molar-refractivity contribution in [1.82, 2.24) is 21.7 Å². The summed E-state index contributed by atoms with van der Waals surface area (Å²) >= 11 is 0. The maximum atomic E-state index is 12.3. The molecular formula is C26H26N4O8. The molecule has 0 saturated carbocycles. The van der Waals surface area contributed by atoms with Crippen molar-refractivity contribution in [1.29, 1.82) is 0 Å². The molecule has 0 radical (unpaired) electrons. The van der Waals surface area contributed by atoms with Crippen LogP contribution in [0.1, 0.15) is 20.7 Å². The molecule has 12 heteroatoms. The normalized spacial score (nSPS) is 9.95. The van der Waals surface area contributed by atoms with Gasteiger partial charge in [0.05, 0.1) is 14.2 Å². The summed E-state index contributed by atoms with van der Waals surface area (Å²) in [5, 5.41) is 0. The highest BCUT2D eigenvalue weighted by molar-refractivity contribution is 5.98. The number of ether oxygens (including phenoxy) is 4. The molecule has 0 saturated heterocycles. The molecule has 0 atom stereocenters. The van der Waals surface area contributed by atoms with Gasteiger partial charge < -0.3 is 18.9 Å². The predicted molar refractivity (Wildman–Crippen MR) is 135 cm³/mol. The minimum absolute atomic E-state index is 0.190. The fraction of sp³-hybridized carbons (Fsp3) is 0.154. The van der Waals surface area contributed by atoms with Gasteiger partial charge in [-0.25, -0.2) is 0 Å². The van der Waals surface area contributed by atoms with Crippen LogP contribution in [0.25, 0.3) is 0 Å². The van der Waals surface area contributed by atoms with Gasteiger partial charge in [-0.3, -0.25) is 40.9 Å². The Morgan fingerprint density at radius 3 is 1.13 bits per heavy atom. The quantitative estimate of drug-likeness (QED) is 0.291. The van der Waals surface area contributed by atoms with Gasteiger partial charge in [0.1, 0.15) is 23.0 Å². The molecule has 198 valence electrons. The zero-order valence-electron chi connectivity index (χ0n) is 20.6. The molecule has 3 rings (SSSR count). The van der Waals surface area contributed by atoms with Crippen LogP contribution in [-0.4, -0.2) is 51.1 Å². The Morgan fingerprint density at radius 2 is 0.816 bits per heavy atom. The Morgan fingerprint density at radius 1 is 0.500 bits per heavy atom. The second-order valence-electron chi connectivity index (χ2n) is 7.51. The Kier molecular flexibility index (Phi) is 9.87. The van der Waals surface area contributed by atoms with E-state index < -0.39 is 23.6 Å². The molecule has 0 aromatic heterocycles. The average molecular weight is 523 g/mol. The first-order chi connectivity index (χ1) is 18.4. The van der Waals surface area contributed by atoms with Crippen molar-refractivity contribution < 1.29 is 38.1 Å². The number of hydrogen-bond donors (Lipinski definition) is 4. The molecule has 12 nitrogen and oxygen atoms in total. The third-order valence-electron chi connectivity index (χ3n) is 4.90. The molecule has 0 spiro atoms. The summed E-state index contributed by atoms with van der Waals surface area (Å²) in [5.74, 6) is -0.120. The summed E-state index contributed by atoms with van der Waals surface area (Å²) in [6.07, 6.45) is 0. The number of rotatable bonds is 10. The minimum Gasteiger partial charge on any atom is -0.497 e. The van der Waals surface area contributed by atoms with Gasteiger partial charge in [-0.15, -0.1) is 0 Å². The monoisotopic (exact) mass is 522 g/mol. The molecule has 38 heavy (non-hydrogen) atoms. The number of carbonyl (C=O) groups is 4. The fourth-order valence-corrected chi connectivity index (χ4v) is 2.88. The Balaban J connectivity index is 1.37. The van der Waals surface area contributed by atoms with Gasteiger partial charge in [-0.2, -0.15) is 0 Å². The van der Waals surface area contributed by atoms with Crippen molar-refractivity contribution in [3.8, 4) is 23.0 Å². The summed E-state index contributed by atoms with van der Waals surface area (Å²) in [6, 6.07) is 18.9. The van der Waals surface area contributed by atoms with Gasteiger partial charge in [0, 0.05) is 11.1 Å². The largest absolute Gasteiger partial charge is 0.497 e. The standard InChI is InChI=1S/C26H26N4O8/c1-35-19-7-11-21(12-8-19)37-15-23(31)27-29-25(33)17-3-5-18(6-4-17)26(34)30-28-24(32)16-38-22-13-9-20(36-2)10-14-22/h3-14H,15-16H2,1-2H3,(H,27,31)(H,28,32)(H,29,33)(H,30,34). The second-order valence-corrected chi connectivity index (χ2v) is 7.51. The molecule has 3 aromatic carbocycles. The molecule has 3 aromatic rings. The van der Waals surface area contributed by atoms with Crippen molar-refractivity contribution in [2.24, 2.45) is 0 Å². The molecule has 0 aliphatic carbocycles. The predicted octanol–water partition coefficient (Wildman–Crippen LogP) is 1.38. The molecule has 4 N–H and O–H groups in total. The molecule has 0 aliphatic rings. The number of hydrogen-bond acceptors (Lipinski definition) is 8. The smallest absolute Gasteiger partial charge is 0.276 e. The maximum absolute atomic E-state index is 12.3. The van der Waals surface area contributed by atoms with E-state index in [2.05, 4.69) is 21.7 Å². The lowest BCUT2D eigenvalue weighted by Crippen LogP contribution is -2.44. The highest BCUT2D eigenvalue weighted by Crippen LogP contribution is 2.17. The van der Waals surface area contributed by atoms with E-state index in [0.29, 0.717) is 23.0 Å². The Bertz CT molecular complexity index is 1150. The maximum Gasteiger partial charge on any atom is 0.276 e. The molecule has 0 bridgehead atoms. The lowest BCUT2D eigenvalue weighted by molar-refractivity contribution is -0.124. The van der Waals surface area contributed by atoms with E-state index in [1.807, 2.05) is 0 Å². The van der Waals surface area contributed by atoms with Crippen molar-refractivity contribution in [2.75, 3.05) is 27.4 Å². The van der Waals surface area contributed by atoms with E-state index in [4.69, 9.17) is 18.9 Å². The topological polar surface area (TPSA) is 153 Å². The highest BCUT2D eigenvalue weighted by atomic mass is 16.5. The van der Waals surface area contributed by atoms with E-state index in [9.17, 15) is 19.2 Å². The molecule has 0 unspecified atom stereocenters. The van der Waals surface area contributed by atoms with Gasteiger partial charge in [0.15, 0.2) is 13.2 Å². The van der Waals surface area contributed by atoms with Crippen molar-refractivity contribution >= 4 is 23.6 Å². The third kappa shape index (κ3) is 8.45. The summed E-state index contributed by atoms with van der Waals surface area (Å²) < 4.78 is 20.7. The summed E-state index contributed by atoms with van der Waals surface area (Å²) in [7, 11) is 3.08. The SMILES string of the molecule is COc1ccc(OCC(=O)NNC(=O)c2ccc(C(=O)NNC(=O)COc3ccc(OC)cc3)cc2)cc1. The van der Waals surface area contributed by atoms with Crippen LogP contribution in [0.5, 0.6) is 23.0 Å². The highest BCUT2D eigenvalue weighted by Gasteiger charge is 2.12. The molecule has 0 aliphatic heterocycles. The third-order valence-corrected chi connectivity index (χ3v) is 4.90. The van der Waals surface area contributed by atoms with Crippen LogP contribution in [0.4, 0.5) is 0 Å². The first-order valence-corrected chi connectivity index (χ1v) is 11.2. The fourth-order valence-electron chi connectivity index (χ4n) is 2.88. The van der Waals surface area contributed by atoms with Gasteiger partial charge in [-0.05, 0) is 72.8 Å². The lowest BCUT2D eigenvalue weighted by atomic mass is 10.1. The molecule has 0 heterocycles. The zero-order chi connectivity index (χ0) is 27.3. The van der Waals surface area contributed by atoms with Crippen molar-refractivity contribution in [3.63, 3.8) is 0 Å². The molecule has 0 fully saturated rings. The number of hydrazine groups is 2. The van der Waals surface area contributed by atoms with E-state index in [-0.39, 0.29) is 24.3 Å². The average Bonchev–Trinajstić information content (AvgIpc) is 2.97. The summed E-state index contributed by atoms with van der Waals surface area (Å²) in [6.45, 7) is -0.634. The summed E-state index contributed by atoms with van der Waals surface area (Å²) in [5.41, 5.74) is 9.38. The first-order valence-electron chi connectivity index (χ1n) is 11.2. The van der Waals surface area contributed by atoms with Crippen LogP contribution < -0.4 is 40.7 Å². The van der Waals surface area contributed by atoms with Crippen molar-refractivity contribution in [2.45, 2.75) is 0 Å². The van der Waals surface area contributed by atoms with E-state index in [0.717, 1.165) is 0 Å². The van der Waals surface area contributed by atoms with Crippen LogP contribution in [0.2, 0.25) is 0 Å². The van der Waals surface area contributed by atoms with Crippen LogP contribution in [0.15, 0.2) is 72.8 Å². The van der Waals surface area contributed by atoms with Gasteiger partial charge in [0.2, 0.25) is 0 Å². The lowest BCUT2D eigenvalue weighted by Gasteiger charge is -2.10. The van der Waals surface area contributed by atoms with Gasteiger partial charge >= 0.3 is 0 Å².